The molecule has 1 N–H and O–H groups in total. The van der Waals surface area contributed by atoms with E-state index in [4.69, 9.17) is 4.74 Å². The van der Waals surface area contributed by atoms with Crippen molar-refractivity contribution < 1.29 is 9.53 Å². The van der Waals surface area contributed by atoms with E-state index in [1.54, 1.807) is 18.2 Å². The summed E-state index contributed by atoms with van der Waals surface area (Å²) >= 11 is 0. The molecule has 0 unspecified atom stereocenters. The van der Waals surface area contributed by atoms with Crippen molar-refractivity contribution in [1.29, 1.82) is 0 Å². The van der Waals surface area contributed by atoms with Gasteiger partial charge in [0.15, 0.2) is 0 Å². The first kappa shape index (κ1) is 23.0. The number of aromatic nitrogens is 2. The first-order valence-electron chi connectivity index (χ1n) is 11.8. The Morgan fingerprint density at radius 3 is 2.17 bits per heavy atom. The lowest BCUT2D eigenvalue weighted by Gasteiger charge is -2.39. The van der Waals surface area contributed by atoms with Crippen molar-refractivity contribution in [3.8, 4) is 0 Å². The first-order chi connectivity index (χ1) is 17.1. The predicted molar refractivity (Wildman–Crippen MR) is 135 cm³/mol. The molecule has 4 aromatic rings. The second-order valence-electron chi connectivity index (χ2n) is 8.77. The fourth-order valence-electron chi connectivity index (χ4n) is 4.78. The minimum atomic E-state index is -0.446. The topological polar surface area (TPSA) is 78.5 Å². The van der Waals surface area contributed by atoms with Gasteiger partial charge < -0.3 is 9.72 Å². The highest BCUT2D eigenvalue weighted by Gasteiger charge is 2.26. The zero-order valence-corrected chi connectivity index (χ0v) is 19.7. The number of aromatic amines is 1. The lowest BCUT2D eigenvalue weighted by molar-refractivity contribution is 0.0601. The van der Waals surface area contributed by atoms with Gasteiger partial charge in [-0.1, -0.05) is 60.7 Å². The summed E-state index contributed by atoms with van der Waals surface area (Å²) in [5.74, 6) is 0.152. The van der Waals surface area contributed by atoms with Crippen molar-refractivity contribution in [3.63, 3.8) is 0 Å². The van der Waals surface area contributed by atoms with Crippen LogP contribution in [0.1, 0.15) is 33.4 Å². The molecular formula is C28H28N4O3. The van der Waals surface area contributed by atoms with Crippen LogP contribution in [0.3, 0.4) is 0 Å². The Labute approximate surface area is 204 Å². The SMILES string of the molecule is COC(=O)c1ccc2c(=O)[nH]c(CN3CCN(C(c4ccccc4)c4ccccc4)CC3)nc2c1. The van der Waals surface area contributed by atoms with Crippen LogP contribution in [0.15, 0.2) is 83.7 Å². The zero-order valence-electron chi connectivity index (χ0n) is 19.7. The summed E-state index contributed by atoms with van der Waals surface area (Å²) in [5.41, 5.74) is 3.25. The number of esters is 1. The summed E-state index contributed by atoms with van der Waals surface area (Å²) in [6.45, 7) is 4.07. The van der Waals surface area contributed by atoms with Gasteiger partial charge in [-0.25, -0.2) is 9.78 Å². The maximum absolute atomic E-state index is 12.6. The third kappa shape index (κ3) is 5.01. The summed E-state index contributed by atoms with van der Waals surface area (Å²) in [5, 5.41) is 0.458. The average molecular weight is 469 g/mol. The number of carbonyl (C=O) groups excluding carboxylic acids is 1. The van der Waals surface area contributed by atoms with E-state index < -0.39 is 5.97 Å². The van der Waals surface area contributed by atoms with Gasteiger partial charge in [0.1, 0.15) is 5.82 Å². The summed E-state index contributed by atoms with van der Waals surface area (Å²) in [7, 11) is 1.34. The number of rotatable bonds is 6. The second kappa shape index (κ2) is 10.2. The monoisotopic (exact) mass is 468 g/mol. The Morgan fingerprint density at radius 2 is 1.57 bits per heavy atom. The van der Waals surface area contributed by atoms with E-state index in [0.29, 0.717) is 28.8 Å². The molecule has 1 aliphatic rings. The van der Waals surface area contributed by atoms with Crippen LogP contribution in [0.4, 0.5) is 0 Å². The quantitative estimate of drug-likeness (QED) is 0.436. The minimum absolute atomic E-state index is 0.201. The Bertz CT molecular complexity index is 1320. The molecule has 7 heteroatoms. The van der Waals surface area contributed by atoms with E-state index in [9.17, 15) is 9.59 Å². The van der Waals surface area contributed by atoms with Crippen LogP contribution in [0.25, 0.3) is 10.9 Å². The third-order valence-corrected chi connectivity index (χ3v) is 6.55. The summed E-state index contributed by atoms with van der Waals surface area (Å²) in [6, 6.07) is 26.2. The van der Waals surface area contributed by atoms with Crippen LogP contribution < -0.4 is 5.56 Å². The fraction of sp³-hybridized carbons (Fsp3) is 0.250. The van der Waals surface area contributed by atoms with E-state index in [-0.39, 0.29) is 11.6 Å². The predicted octanol–water partition coefficient (Wildman–Crippen LogP) is 3.62. The molecule has 0 saturated carbocycles. The molecule has 0 amide bonds. The lowest BCUT2D eigenvalue weighted by atomic mass is 9.96. The molecule has 2 heterocycles. The van der Waals surface area contributed by atoms with Gasteiger partial charge in [0, 0.05) is 26.2 Å². The maximum atomic E-state index is 12.6. The highest BCUT2D eigenvalue weighted by molar-refractivity contribution is 5.93. The largest absolute Gasteiger partial charge is 0.465 e. The van der Waals surface area contributed by atoms with Crippen LogP contribution in [0.2, 0.25) is 0 Å². The minimum Gasteiger partial charge on any atom is -0.465 e. The number of hydrogen-bond acceptors (Lipinski definition) is 6. The standard InChI is InChI=1S/C28H28N4O3/c1-35-28(34)22-12-13-23-24(18-22)29-25(30-27(23)33)19-31-14-16-32(17-15-31)26(20-8-4-2-5-9-20)21-10-6-3-7-11-21/h2-13,18,26H,14-17,19H2,1H3,(H,29,30,33). The molecule has 178 valence electrons. The molecule has 3 aromatic carbocycles. The number of nitrogens with zero attached hydrogens (tertiary/aromatic N) is 3. The Kier molecular flexibility index (Phi) is 6.70. The molecular weight excluding hydrogens is 440 g/mol. The number of ether oxygens (including phenoxy) is 1. The van der Waals surface area contributed by atoms with E-state index in [1.807, 2.05) is 0 Å². The summed E-state index contributed by atoms with van der Waals surface area (Å²) < 4.78 is 4.79. The van der Waals surface area contributed by atoms with Gasteiger partial charge in [-0.15, -0.1) is 0 Å². The van der Waals surface area contributed by atoms with Crippen molar-refractivity contribution in [2.24, 2.45) is 0 Å². The van der Waals surface area contributed by atoms with E-state index in [2.05, 4.69) is 80.4 Å². The molecule has 0 bridgehead atoms. The van der Waals surface area contributed by atoms with Crippen molar-refractivity contribution in [2.45, 2.75) is 12.6 Å². The molecule has 1 aromatic heterocycles. The van der Waals surface area contributed by atoms with Crippen LogP contribution >= 0.6 is 0 Å². The fourth-order valence-corrected chi connectivity index (χ4v) is 4.78. The molecule has 0 atom stereocenters. The number of piperazine rings is 1. The highest BCUT2D eigenvalue weighted by atomic mass is 16.5. The number of fused-ring (bicyclic) bond motifs is 1. The second-order valence-corrected chi connectivity index (χ2v) is 8.77. The van der Waals surface area contributed by atoms with Gasteiger partial charge in [0.05, 0.1) is 36.2 Å². The maximum Gasteiger partial charge on any atom is 0.337 e. The van der Waals surface area contributed by atoms with E-state index >= 15 is 0 Å². The smallest absolute Gasteiger partial charge is 0.337 e. The van der Waals surface area contributed by atoms with Crippen molar-refractivity contribution >= 4 is 16.9 Å². The van der Waals surface area contributed by atoms with Crippen molar-refractivity contribution in [2.75, 3.05) is 33.3 Å². The van der Waals surface area contributed by atoms with Gasteiger partial charge in [-0.2, -0.15) is 0 Å². The van der Waals surface area contributed by atoms with Gasteiger partial charge in [-0.3, -0.25) is 14.6 Å². The van der Waals surface area contributed by atoms with Crippen LogP contribution in [0.5, 0.6) is 0 Å². The van der Waals surface area contributed by atoms with Gasteiger partial charge in [0.2, 0.25) is 0 Å². The molecule has 0 spiro atoms. The van der Waals surface area contributed by atoms with E-state index in [0.717, 1.165) is 26.2 Å². The van der Waals surface area contributed by atoms with Crippen molar-refractivity contribution in [1.82, 2.24) is 19.8 Å². The van der Waals surface area contributed by atoms with Crippen LogP contribution in [0, 0.1) is 0 Å². The van der Waals surface area contributed by atoms with Crippen LogP contribution in [-0.4, -0.2) is 59.0 Å². The molecule has 0 radical (unpaired) electrons. The van der Waals surface area contributed by atoms with Gasteiger partial charge >= 0.3 is 5.97 Å². The number of nitrogens with one attached hydrogen (secondary N) is 1. The third-order valence-electron chi connectivity index (χ3n) is 6.55. The number of methoxy groups -OCH3 is 1. The molecule has 1 saturated heterocycles. The lowest BCUT2D eigenvalue weighted by Crippen LogP contribution is -2.47. The number of H-pyrrole nitrogens is 1. The molecule has 1 fully saturated rings. The average Bonchev–Trinajstić information content (AvgIpc) is 2.90. The number of hydrogen-bond donors (Lipinski definition) is 1. The summed E-state index contributed by atoms with van der Waals surface area (Å²) in [4.78, 5) is 36.9. The van der Waals surface area contributed by atoms with Gasteiger partial charge in [-0.05, 0) is 29.3 Å². The first-order valence-corrected chi connectivity index (χ1v) is 11.8. The van der Waals surface area contributed by atoms with Gasteiger partial charge in [0.25, 0.3) is 5.56 Å². The zero-order chi connectivity index (χ0) is 24.2. The molecule has 5 rings (SSSR count). The Balaban J connectivity index is 1.32. The Morgan fingerprint density at radius 1 is 0.943 bits per heavy atom. The van der Waals surface area contributed by atoms with Crippen LogP contribution in [-0.2, 0) is 11.3 Å². The number of benzene rings is 3. The molecule has 1 aliphatic heterocycles. The molecule has 35 heavy (non-hydrogen) atoms. The molecule has 7 nitrogen and oxygen atoms in total. The van der Waals surface area contributed by atoms with Crippen molar-refractivity contribution in [3.05, 3.63) is 112 Å². The Hall–Kier alpha value is -3.81. The molecule has 0 aliphatic carbocycles. The highest BCUT2D eigenvalue weighted by Crippen LogP contribution is 2.29. The summed E-state index contributed by atoms with van der Waals surface area (Å²) in [6.07, 6.45) is 0. The van der Waals surface area contributed by atoms with E-state index in [1.165, 1.54) is 18.2 Å². The normalized spacial score (nSPS) is 14.9. The number of carbonyl (C=O) groups is 1.